The van der Waals surface area contributed by atoms with E-state index in [0.717, 1.165) is 14.3 Å². The SMILES string of the molecule is C=CCNC(=O)c1ccc([123I])cc1.C=CCNC(=O)c1ccc([124I])cc1.C=CCNC(=O)c1ccc([125I])cc1.C=CCNC(=O)c1ccc([131I])cc1.C=CCNC(=O)c1ccc([211At])cc1. The van der Waals surface area contributed by atoms with Crippen LogP contribution in [0.4, 0.5) is 0 Å². The Hall–Kier alpha value is -4.05. The summed E-state index contributed by atoms with van der Waals surface area (Å²) in [5, 5.41) is 13.6. The van der Waals surface area contributed by atoms with Crippen LogP contribution < -0.4 is 29.9 Å². The molecule has 0 aliphatic heterocycles. The summed E-state index contributed by atoms with van der Waals surface area (Å²) in [4.78, 5) is 56.8. The van der Waals surface area contributed by atoms with Crippen molar-refractivity contribution in [2.45, 2.75) is 0 Å². The predicted octanol–water partition coefficient (Wildman–Crippen LogP) is 9.61. The standard InChI is InChI=1S/C10H10AtNO.4C10H10INO/c5*1-2-7-12-10(13)8-3-5-9(11)6-4-8/h5*2-6H,1,7H2,(H,12,13)/i11+1;11+4;11-2;11-3;11-4. The van der Waals surface area contributed by atoms with Gasteiger partial charge in [0.25, 0.3) is 23.6 Å². The third-order valence-electron chi connectivity index (χ3n) is 7.57. The van der Waals surface area contributed by atoms with Crippen LogP contribution in [0.15, 0.2) is 185 Å². The molecule has 0 bridgehead atoms. The van der Waals surface area contributed by atoms with E-state index in [9.17, 15) is 24.0 Å². The number of amides is 5. The molecule has 5 amide bonds. The Labute approximate surface area is 452 Å². The third kappa shape index (κ3) is 27.3. The first-order valence-electron chi connectivity index (χ1n) is 19.4. The van der Waals surface area contributed by atoms with Crippen LogP contribution in [0.25, 0.3) is 0 Å². The fourth-order valence-electron chi connectivity index (χ4n) is 4.34. The minimum atomic E-state index is -0.0590. The number of halogens is 4. The average Bonchev–Trinajstić information content (AvgIpc) is 3.32. The number of nitrogens with one attached hydrogen (secondary N) is 5. The molecule has 0 unspecified atom stereocenters. The van der Waals surface area contributed by atoms with Crippen LogP contribution in [0.1, 0.15) is 51.8 Å². The van der Waals surface area contributed by atoms with E-state index in [0.29, 0.717) is 60.5 Å². The van der Waals surface area contributed by atoms with Gasteiger partial charge >= 0.3 is 93.0 Å². The van der Waals surface area contributed by atoms with Crippen LogP contribution in [0.2, 0.25) is 0 Å². The van der Waals surface area contributed by atoms with E-state index < -0.39 is 0 Å². The normalized spacial score (nSPS) is 9.31. The fraction of sp³-hybridized carbons (Fsp3) is 0.100. The summed E-state index contributed by atoms with van der Waals surface area (Å²) in [5.74, 6) is -0.285. The Balaban J connectivity index is 0.000000406. The topological polar surface area (TPSA) is 146 Å². The van der Waals surface area contributed by atoms with Crippen molar-refractivity contribution in [3.63, 3.8) is 0 Å². The van der Waals surface area contributed by atoms with Gasteiger partial charge in [-0.3, -0.25) is 19.2 Å². The van der Waals surface area contributed by atoms with Gasteiger partial charge < -0.3 is 21.3 Å². The van der Waals surface area contributed by atoms with Crippen molar-refractivity contribution in [2.75, 3.05) is 32.7 Å². The summed E-state index contributed by atoms with van der Waals surface area (Å²) in [6.07, 6.45) is 8.29. The van der Waals surface area contributed by atoms with Gasteiger partial charge in [0.1, 0.15) is 0 Å². The molecule has 0 atom stereocenters. The maximum atomic E-state index is 11.4. The predicted molar refractivity (Wildman–Crippen MR) is 295 cm³/mol. The van der Waals surface area contributed by atoms with Gasteiger partial charge in [-0.2, -0.15) is 0 Å². The Morgan fingerprint density at radius 3 is 1.02 bits per heavy atom. The van der Waals surface area contributed by atoms with Crippen molar-refractivity contribution >= 4 is 123 Å². The van der Waals surface area contributed by atoms with Crippen LogP contribution >= 0.6 is 90.4 Å². The summed E-state index contributed by atoms with van der Waals surface area (Å²) in [6.45, 7) is 20.2. The summed E-state index contributed by atoms with van der Waals surface area (Å²) in [7, 11) is 0. The van der Waals surface area contributed by atoms with Crippen LogP contribution in [0.5, 0.6) is 0 Å². The zero-order valence-electron chi connectivity index (χ0n) is 35.4. The number of carbonyl (C=O) groups is 5. The van der Waals surface area contributed by atoms with Crippen molar-refractivity contribution in [3.05, 3.63) is 227 Å². The van der Waals surface area contributed by atoms with Crippen LogP contribution in [-0.2, 0) is 0 Å². The first-order chi connectivity index (χ1) is 31.2. The average molecular weight is 1510 g/mol. The number of hydrogen-bond donors (Lipinski definition) is 5. The van der Waals surface area contributed by atoms with Crippen molar-refractivity contribution in [1.82, 2.24) is 26.6 Å². The second-order valence-corrected chi connectivity index (χ2v) is 19.2. The molecule has 340 valence electrons. The van der Waals surface area contributed by atoms with Crippen LogP contribution in [0.3, 0.4) is 0 Å². The van der Waals surface area contributed by atoms with E-state index in [1.165, 1.54) is 3.27 Å². The van der Waals surface area contributed by atoms with Gasteiger partial charge in [0.05, 0.1) is 0 Å². The van der Waals surface area contributed by atoms with Crippen molar-refractivity contribution in [3.8, 4) is 0 Å². The molecule has 0 heterocycles. The summed E-state index contributed by atoms with van der Waals surface area (Å²) in [5.41, 5.74) is 3.43. The Morgan fingerprint density at radius 1 is 0.477 bits per heavy atom. The molecule has 65 heavy (non-hydrogen) atoms. The molecule has 15 heteroatoms. The number of rotatable bonds is 15. The monoisotopic (exact) mass is 1510 g/mol. The van der Waals surface area contributed by atoms with Gasteiger partial charge in [-0.1, -0.05) is 24.3 Å². The zero-order chi connectivity index (χ0) is 48.4. The molecule has 0 aliphatic rings. The molecule has 0 saturated carbocycles. The third-order valence-corrected chi connectivity index (χ3v) is 11.4. The first kappa shape index (κ1) is 59.0. The summed E-state index contributed by atoms with van der Waals surface area (Å²) in [6, 6.07) is 37.2. The maximum absolute atomic E-state index is 11.4. The van der Waals surface area contributed by atoms with E-state index in [4.69, 9.17) is 0 Å². The molecular weight excluding hydrogens is 1460 g/mol. The summed E-state index contributed by atoms with van der Waals surface area (Å²) < 4.78 is 5.70. The molecule has 5 N–H and O–H groups in total. The van der Waals surface area contributed by atoms with Gasteiger partial charge in [-0.05, 0) is 187 Å². The second kappa shape index (κ2) is 36.1. The van der Waals surface area contributed by atoms with Gasteiger partial charge in [0, 0.05) is 62.7 Å². The van der Waals surface area contributed by atoms with Crippen molar-refractivity contribution in [1.29, 1.82) is 0 Å². The second-order valence-electron chi connectivity index (χ2n) is 12.5. The molecule has 5 aromatic carbocycles. The molecule has 0 fully saturated rings. The van der Waals surface area contributed by atoms with E-state index in [-0.39, 0.29) is 29.5 Å². The van der Waals surface area contributed by atoms with Gasteiger partial charge in [0.2, 0.25) is 0 Å². The van der Waals surface area contributed by atoms with E-state index in [1.807, 2.05) is 72.8 Å². The van der Waals surface area contributed by atoms with E-state index in [2.05, 4.69) is 150 Å². The van der Waals surface area contributed by atoms with E-state index >= 15 is 0 Å². The summed E-state index contributed by atoms with van der Waals surface area (Å²) >= 11 is 10.4. The molecule has 0 radical (unpaired) electrons. The zero-order valence-corrected chi connectivity index (χ0v) is 47.0. The van der Waals surface area contributed by atoms with E-state index in [1.54, 1.807) is 104 Å². The number of carbonyl (C=O) groups excluding carboxylic acids is 5. The Kier molecular flexibility index (Phi) is 32.8. The fourth-order valence-corrected chi connectivity index (χ4v) is 6.27. The molecule has 5 rings (SSSR count). The quantitative estimate of drug-likeness (QED) is 0.0524. The molecule has 0 spiro atoms. The number of benzene rings is 5. The Bertz CT molecular complexity index is 1910. The molecule has 0 aromatic heterocycles. The van der Waals surface area contributed by atoms with Gasteiger partial charge in [-0.25, -0.2) is 0 Å². The number of hydrogen-bond acceptors (Lipinski definition) is 5. The van der Waals surface area contributed by atoms with Crippen molar-refractivity contribution < 1.29 is 48.7 Å². The first-order valence-corrected chi connectivity index (χ1v) is 25.2. The molecule has 10 nitrogen and oxygen atoms in total. The van der Waals surface area contributed by atoms with Crippen LogP contribution in [0, 0.1) is 39.0 Å². The van der Waals surface area contributed by atoms with Crippen LogP contribution in [-0.4, -0.2) is 62.3 Å². The van der Waals surface area contributed by atoms with Gasteiger partial charge in [0.15, 0.2) is 0 Å². The van der Waals surface area contributed by atoms with Crippen molar-refractivity contribution in [2.24, 2.45) is 0 Å². The molecule has 0 aliphatic carbocycles. The molecular formula is C50H50AtI4N5O5. The van der Waals surface area contributed by atoms with Gasteiger partial charge in [-0.15, -0.1) is 26.3 Å². The molecule has 5 aromatic rings. The minimum absolute atomic E-state index is 0.0495. The Morgan fingerprint density at radius 2 is 0.723 bits per heavy atom. The molecule has 0 saturated heterocycles.